The molecule has 38 heavy (non-hydrogen) atoms. The number of nitrogens with zero attached hydrogens (tertiary/aromatic N) is 3. The van der Waals surface area contributed by atoms with Crippen LogP contribution in [-0.4, -0.2) is 59.6 Å². The number of halogens is 1. The first-order chi connectivity index (χ1) is 18.6. The average molecular weight is 514 g/mol. The van der Waals surface area contributed by atoms with E-state index in [1.165, 1.54) is 12.1 Å². The largest absolute Gasteiger partial charge is 0.494 e. The smallest absolute Gasteiger partial charge is 0.223 e. The van der Waals surface area contributed by atoms with Crippen LogP contribution in [0.1, 0.15) is 42.9 Å². The number of fused-ring (bicyclic) bond motifs is 1. The molecule has 198 valence electrons. The molecule has 6 heteroatoms. The van der Waals surface area contributed by atoms with Crippen molar-refractivity contribution in [1.29, 1.82) is 0 Å². The number of carbonyl (C=O) groups is 1. The second-order valence-electron chi connectivity index (χ2n) is 9.93. The van der Waals surface area contributed by atoms with Gasteiger partial charge < -0.3 is 19.1 Å². The fraction of sp³-hybridized carbons (Fsp3) is 0.344. The molecule has 0 saturated carbocycles. The molecule has 1 aliphatic heterocycles. The average Bonchev–Trinajstić information content (AvgIpc) is 3.31. The van der Waals surface area contributed by atoms with Crippen molar-refractivity contribution in [3.63, 3.8) is 0 Å². The van der Waals surface area contributed by atoms with Gasteiger partial charge in [-0.2, -0.15) is 0 Å². The number of para-hydroxylation sites is 1. The number of aromatic nitrogens is 1. The number of benzene rings is 3. The summed E-state index contributed by atoms with van der Waals surface area (Å²) in [6, 6.07) is 23.2. The first-order valence-corrected chi connectivity index (χ1v) is 13.6. The lowest BCUT2D eigenvalue weighted by molar-refractivity contribution is -0.133. The molecular formula is C32H36FN3O2. The van der Waals surface area contributed by atoms with Crippen LogP contribution < -0.4 is 4.74 Å². The SMILES string of the molecule is CCOc1ccc([C@H](CC(=O)N2CCN(CC)CC2)c2cn(Cc3ccc(F)cc3)c3ccccc23)cc1. The molecule has 1 fully saturated rings. The van der Waals surface area contributed by atoms with E-state index in [1.54, 1.807) is 0 Å². The zero-order valence-electron chi connectivity index (χ0n) is 22.3. The van der Waals surface area contributed by atoms with Crippen molar-refractivity contribution in [3.05, 3.63) is 102 Å². The van der Waals surface area contributed by atoms with Gasteiger partial charge in [0, 0.05) is 62.2 Å². The molecule has 0 radical (unpaired) electrons. The molecule has 5 nitrogen and oxygen atoms in total. The van der Waals surface area contributed by atoms with Crippen molar-refractivity contribution in [2.24, 2.45) is 0 Å². The number of amides is 1. The van der Waals surface area contributed by atoms with Crippen molar-refractivity contribution in [3.8, 4) is 5.75 Å². The summed E-state index contributed by atoms with van der Waals surface area (Å²) in [5.74, 6) is 0.688. The third-order valence-corrected chi connectivity index (χ3v) is 7.61. The molecule has 1 aliphatic rings. The minimum absolute atomic E-state index is 0.0956. The molecule has 4 aromatic rings. The lowest BCUT2D eigenvalue weighted by atomic mass is 9.87. The Morgan fingerprint density at radius 2 is 1.63 bits per heavy atom. The van der Waals surface area contributed by atoms with Gasteiger partial charge in [0.05, 0.1) is 6.61 Å². The van der Waals surface area contributed by atoms with Crippen molar-refractivity contribution < 1.29 is 13.9 Å². The van der Waals surface area contributed by atoms with Crippen molar-refractivity contribution in [2.45, 2.75) is 32.7 Å². The van der Waals surface area contributed by atoms with Crippen LogP contribution in [-0.2, 0) is 11.3 Å². The summed E-state index contributed by atoms with van der Waals surface area (Å²) >= 11 is 0. The Morgan fingerprint density at radius 3 is 2.32 bits per heavy atom. The van der Waals surface area contributed by atoms with Crippen LogP contribution in [0.4, 0.5) is 4.39 Å². The maximum absolute atomic E-state index is 13.6. The second-order valence-corrected chi connectivity index (χ2v) is 9.93. The van der Waals surface area contributed by atoms with Gasteiger partial charge >= 0.3 is 0 Å². The lowest BCUT2D eigenvalue weighted by Gasteiger charge is -2.35. The first-order valence-electron chi connectivity index (χ1n) is 13.6. The Hall–Kier alpha value is -3.64. The van der Waals surface area contributed by atoms with Crippen molar-refractivity contribution >= 4 is 16.8 Å². The number of ether oxygens (including phenoxy) is 1. The van der Waals surface area contributed by atoms with Crippen LogP contribution in [0, 0.1) is 5.82 Å². The number of rotatable bonds is 9. The van der Waals surface area contributed by atoms with E-state index in [1.807, 2.05) is 42.2 Å². The van der Waals surface area contributed by atoms with Gasteiger partial charge in [0.2, 0.25) is 5.91 Å². The van der Waals surface area contributed by atoms with Crippen molar-refractivity contribution in [1.82, 2.24) is 14.4 Å². The number of piperazine rings is 1. The van der Waals surface area contributed by atoms with Gasteiger partial charge in [0.15, 0.2) is 0 Å². The molecule has 0 N–H and O–H groups in total. The van der Waals surface area contributed by atoms with E-state index < -0.39 is 0 Å². The second kappa shape index (κ2) is 11.8. The monoisotopic (exact) mass is 513 g/mol. The van der Waals surface area contributed by atoms with Crippen LogP contribution in [0.5, 0.6) is 5.75 Å². The van der Waals surface area contributed by atoms with E-state index >= 15 is 0 Å². The molecule has 3 aromatic carbocycles. The Balaban J connectivity index is 1.50. The van der Waals surface area contributed by atoms with E-state index in [0.29, 0.717) is 19.6 Å². The lowest BCUT2D eigenvalue weighted by Crippen LogP contribution is -2.48. The summed E-state index contributed by atoms with van der Waals surface area (Å²) in [6.07, 6.45) is 2.59. The topological polar surface area (TPSA) is 37.7 Å². The molecule has 1 atom stereocenters. The van der Waals surface area contributed by atoms with Crippen LogP contribution in [0.2, 0.25) is 0 Å². The Labute approximate surface area is 224 Å². The van der Waals surface area contributed by atoms with Crippen LogP contribution in [0.25, 0.3) is 10.9 Å². The third kappa shape index (κ3) is 5.76. The summed E-state index contributed by atoms with van der Waals surface area (Å²) in [5, 5.41) is 1.14. The summed E-state index contributed by atoms with van der Waals surface area (Å²) in [4.78, 5) is 18.0. The maximum Gasteiger partial charge on any atom is 0.223 e. The number of likely N-dealkylation sites (N-methyl/N-ethyl adjacent to an activating group) is 1. The fourth-order valence-corrected chi connectivity index (χ4v) is 5.46. The highest BCUT2D eigenvalue weighted by Crippen LogP contribution is 2.36. The zero-order chi connectivity index (χ0) is 26.5. The highest BCUT2D eigenvalue weighted by Gasteiger charge is 2.27. The summed E-state index contributed by atoms with van der Waals surface area (Å²) in [6.45, 7) is 9.80. The van der Waals surface area contributed by atoms with Crippen molar-refractivity contribution in [2.75, 3.05) is 39.3 Å². The Morgan fingerprint density at radius 1 is 0.921 bits per heavy atom. The highest BCUT2D eigenvalue weighted by atomic mass is 19.1. The molecule has 0 unspecified atom stereocenters. The number of carbonyl (C=O) groups excluding carboxylic acids is 1. The number of hydrogen-bond acceptors (Lipinski definition) is 3. The van der Waals surface area contributed by atoms with E-state index in [-0.39, 0.29) is 17.6 Å². The van der Waals surface area contributed by atoms with E-state index in [4.69, 9.17) is 4.74 Å². The summed E-state index contributed by atoms with van der Waals surface area (Å²) in [7, 11) is 0. The molecule has 1 saturated heterocycles. The van der Waals surface area contributed by atoms with Gasteiger partial charge in [0.25, 0.3) is 0 Å². The quantitative estimate of drug-likeness (QED) is 0.279. The Bertz CT molecular complexity index is 1360. The molecule has 0 spiro atoms. The fourth-order valence-electron chi connectivity index (χ4n) is 5.46. The highest BCUT2D eigenvalue weighted by molar-refractivity contribution is 5.87. The molecule has 1 aromatic heterocycles. The van der Waals surface area contributed by atoms with E-state index in [0.717, 1.165) is 66.1 Å². The molecule has 2 heterocycles. The van der Waals surface area contributed by atoms with Gasteiger partial charge in [-0.1, -0.05) is 49.4 Å². The van der Waals surface area contributed by atoms with Gasteiger partial charge in [-0.05, 0) is 60.5 Å². The van der Waals surface area contributed by atoms with Gasteiger partial charge in [-0.15, -0.1) is 0 Å². The Kier molecular flexibility index (Phi) is 8.08. The minimum atomic E-state index is -0.236. The number of hydrogen-bond donors (Lipinski definition) is 0. The molecule has 0 bridgehead atoms. The standard InChI is InChI=1S/C32H36FN3O2/c1-3-34-17-19-35(20-18-34)32(37)21-29(25-11-15-27(16-12-25)38-4-2)30-23-36(31-8-6-5-7-28(30)31)22-24-9-13-26(33)14-10-24/h5-16,23,29H,3-4,17-22H2,1-2H3/t29-/m0/s1. The zero-order valence-corrected chi connectivity index (χ0v) is 22.3. The normalized spacial score (nSPS) is 15.1. The van der Waals surface area contributed by atoms with Gasteiger partial charge in [0.1, 0.15) is 11.6 Å². The van der Waals surface area contributed by atoms with Gasteiger partial charge in [-0.3, -0.25) is 4.79 Å². The van der Waals surface area contributed by atoms with E-state index in [9.17, 15) is 9.18 Å². The minimum Gasteiger partial charge on any atom is -0.494 e. The molecular weight excluding hydrogens is 477 g/mol. The molecule has 5 rings (SSSR count). The predicted octanol–water partition coefficient (Wildman–Crippen LogP) is 5.91. The van der Waals surface area contributed by atoms with Crippen LogP contribution in [0.3, 0.4) is 0 Å². The third-order valence-electron chi connectivity index (χ3n) is 7.61. The predicted molar refractivity (Wildman–Crippen MR) is 150 cm³/mol. The van der Waals surface area contributed by atoms with Crippen LogP contribution in [0.15, 0.2) is 79.0 Å². The van der Waals surface area contributed by atoms with E-state index in [2.05, 4.69) is 52.9 Å². The molecule has 0 aliphatic carbocycles. The van der Waals surface area contributed by atoms with Crippen LogP contribution >= 0.6 is 0 Å². The first kappa shape index (κ1) is 26.0. The molecule has 1 amide bonds. The summed E-state index contributed by atoms with van der Waals surface area (Å²) in [5.41, 5.74) is 4.36. The summed E-state index contributed by atoms with van der Waals surface area (Å²) < 4.78 is 21.4. The maximum atomic E-state index is 13.6. The van der Waals surface area contributed by atoms with Gasteiger partial charge in [-0.25, -0.2) is 4.39 Å².